The first kappa shape index (κ1) is 16.4. The second-order valence-corrected chi connectivity index (χ2v) is 6.34. The lowest BCUT2D eigenvalue weighted by Gasteiger charge is -2.31. The standard InChI is InChI=1S/C19H23N3O2/c1-14-8-11-20-19(21-14)16-9-12-22(13-10-16)18(24)7-6-15-4-2-3-5-17(15)23/h2-5,8,11,16,23H,6-7,9-10,12-13H2,1H3. The summed E-state index contributed by atoms with van der Waals surface area (Å²) in [5.74, 6) is 1.66. The van der Waals surface area contributed by atoms with Crippen molar-refractivity contribution >= 4 is 5.91 Å². The molecule has 0 aliphatic carbocycles. The fourth-order valence-electron chi connectivity index (χ4n) is 3.17. The van der Waals surface area contributed by atoms with Crippen molar-refractivity contribution < 1.29 is 9.90 Å². The largest absolute Gasteiger partial charge is 0.508 e. The van der Waals surface area contributed by atoms with Crippen LogP contribution in [0.15, 0.2) is 36.5 Å². The van der Waals surface area contributed by atoms with E-state index in [1.165, 1.54) is 0 Å². The van der Waals surface area contributed by atoms with Crippen LogP contribution in [0.2, 0.25) is 0 Å². The zero-order chi connectivity index (χ0) is 16.9. The monoisotopic (exact) mass is 325 g/mol. The van der Waals surface area contributed by atoms with E-state index in [1.807, 2.05) is 36.2 Å². The molecule has 1 N–H and O–H groups in total. The zero-order valence-corrected chi connectivity index (χ0v) is 14.0. The molecule has 1 fully saturated rings. The number of benzene rings is 1. The van der Waals surface area contributed by atoms with Crippen molar-refractivity contribution in [1.82, 2.24) is 14.9 Å². The molecule has 0 spiro atoms. The highest BCUT2D eigenvalue weighted by molar-refractivity contribution is 5.76. The summed E-state index contributed by atoms with van der Waals surface area (Å²) < 4.78 is 0. The molecular formula is C19H23N3O2. The Morgan fingerprint density at radius 1 is 1.25 bits per heavy atom. The van der Waals surface area contributed by atoms with Gasteiger partial charge in [-0.2, -0.15) is 0 Å². The quantitative estimate of drug-likeness (QED) is 0.939. The summed E-state index contributed by atoms with van der Waals surface area (Å²) in [6.45, 7) is 3.48. The fourth-order valence-corrected chi connectivity index (χ4v) is 3.17. The number of carbonyl (C=O) groups excluding carboxylic acids is 1. The third-order valence-electron chi connectivity index (χ3n) is 4.63. The molecule has 1 aliphatic heterocycles. The lowest BCUT2D eigenvalue weighted by Crippen LogP contribution is -2.38. The van der Waals surface area contributed by atoms with E-state index in [0.29, 0.717) is 18.8 Å². The molecule has 2 heterocycles. The number of phenolic OH excluding ortho intramolecular Hbond substituents is 1. The summed E-state index contributed by atoms with van der Waals surface area (Å²) >= 11 is 0. The van der Waals surface area contributed by atoms with Crippen molar-refractivity contribution in [2.24, 2.45) is 0 Å². The van der Waals surface area contributed by atoms with Gasteiger partial charge in [-0.25, -0.2) is 9.97 Å². The highest BCUT2D eigenvalue weighted by Crippen LogP contribution is 2.26. The first-order valence-electron chi connectivity index (χ1n) is 8.47. The van der Waals surface area contributed by atoms with Gasteiger partial charge >= 0.3 is 0 Å². The lowest BCUT2D eigenvalue weighted by atomic mass is 9.95. The topological polar surface area (TPSA) is 66.3 Å². The number of amides is 1. The molecule has 0 radical (unpaired) electrons. The van der Waals surface area contributed by atoms with Crippen molar-refractivity contribution in [2.45, 2.75) is 38.5 Å². The molecule has 5 nitrogen and oxygen atoms in total. The first-order valence-corrected chi connectivity index (χ1v) is 8.47. The number of aryl methyl sites for hydroxylation is 2. The van der Waals surface area contributed by atoms with E-state index in [4.69, 9.17) is 0 Å². The number of piperidine rings is 1. The number of aromatic hydroxyl groups is 1. The smallest absolute Gasteiger partial charge is 0.222 e. The first-order chi connectivity index (χ1) is 11.6. The molecule has 3 rings (SSSR count). The predicted octanol–water partition coefficient (Wildman–Crippen LogP) is 2.83. The van der Waals surface area contributed by atoms with Crippen LogP contribution in [0.4, 0.5) is 0 Å². The Bertz CT molecular complexity index is 709. The molecule has 126 valence electrons. The van der Waals surface area contributed by atoms with Crippen LogP contribution < -0.4 is 0 Å². The second kappa shape index (κ2) is 7.43. The highest BCUT2D eigenvalue weighted by atomic mass is 16.3. The number of likely N-dealkylation sites (tertiary alicyclic amines) is 1. The second-order valence-electron chi connectivity index (χ2n) is 6.34. The van der Waals surface area contributed by atoms with Crippen molar-refractivity contribution in [1.29, 1.82) is 0 Å². The third kappa shape index (κ3) is 3.91. The molecule has 1 amide bonds. The van der Waals surface area contributed by atoms with E-state index in [-0.39, 0.29) is 11.7 Å². The van der Waals surface area contributed by atoms with Gasteiger partial charge in [0.05, 0.1) is 0 Å². The molecule has 1 aromatic carbocycles. The van der Waals surface area contributed by atoms with Gasteiger partial charge in [0.2, 0.25) is 5.91 Å². The molecular weight excluding hydrogens is 302 g/mol. The summed E-state index contributed by atoms with van der Waals surface area (Å²) in [4.78, 5) is 23.2. The normalized spacial score (nSPS) is 15.5. The van der Waals surface area contributed by atoms with Gasteiger partial charge in [0.1, 0.15) is 11.6 Å². The summed E-state index contributed by atoms with van der Waals surface area (Å²) in [5, 5.41) is 9.78. The Hall–Kier alpha value is -2.43. The number of para-hydroxylation sites is 1. The van der Waals surface area contributed by atoms with Crippen molar-refractivity contribution in [3.05, 3.63) is 53.6 Å². The molecule has 1 saturated heterocycles. The summed E-state index contributed by atoms with van der Waals surface area (Å²) in [6.07, 6.45) is 4.63. The number of hydrogen-bond donors (Lipinski definition) is 1. The molecule has 0 unspecified atom stereocenters. The van der Waals surface area contributed by atoms with Crippen LogP contribution in [0.1, 0.15) is 42.3 Å². The maximum Gasteiger partial charge on any atom is 0.222 e. The van der Waals surface area contributed by atoms with Crippen LogP contribution in [-0.2, 0) is 11.2 Å². The van der Waals surface area contributed by atoms with Crippen LogP contribution in [0.3, 0.4) is 0 Å². The lowest BCUT2D eigenvalue weighted by molar-refractivity contribution is -0.132. The Balaban J connectivity index is 1.51. The maximum absolute atomic E-state index is 12.4. The van der Waals surface area contributed by atoms with Crippen LogP contribution >= 0.6 is 0 Å². The molecule has 1 aliphatic rings. The minimum Gasteiger partial charge on any atom is -0.508 e. The molecule has 0 saturated carbocycles. The van der Waals surface area contributed by atoms with E-state index in [0.717, 1.165) is 43.0 Å². The molecule has 0 bridgehead atoms. The van der Waals surface area contributed by atoms with Gasteiger partial charge in [0.25, 0.3) is 0 Å². The van der Waals surface area contributed by atoms with Gasteiger partial charge in [-0.15, -0.1) is 0 Å². The van der Waals surface area contributed by atoms with Gasteiger partial charge in [0.15, 0.2) is 0 Å². The summed E-state index contributed by atoms with van der Waals surface area (Å²) in [7, 11) is 0. The Morgan fingerprint density at radius 2 is 2.00 bits per heavy atom. The van der Waals surface area contributed by atoms with E-state index in [9.17, 15) is 9.90 Å². The predicted molar refractivity (Wildman–Crippen MR) is 91.8 cm³/mol. The minimum atomic E-state index is 0.155. The van der Waals surface area contributed by atoms with Crippen molar-refractivity contribution in [3.8, 4) is 5.75 Å². The number of hydrogen-bond acceptors (Lipinski definition) is 4. The number of nitrogens with zero attached hydrogens (tertiary/aromatic N) is 3. The molecule has 2 aromatic rings. The average Bonchev–Trinajstić information content (AvgIpc) is 2.61. The van der Waals surface area contributed by atoms with Crippen LogP contribution in [-0.4, -0.2) is 39.0 Å². The number of phenols is 1. The van der Waals surface area contributed by atoms with E-state index in [2.05, 4.69) is 9.97 Å². The fraction of sp³-hybridized carbons (Fsp3) is 0.421. The zero-order valence-electron chi connectivity index (χ0n) is 14.0. The van der Waals surface area contributed by atoms with Gasteiger partial charge in [-0.3, -0.25) is 4.79 Å². The van der Waals surface area contributed by atoms with Gasteiger partial charge in [0, 0.05) is 37.3 Å². The Morgan fingerprint density at radius 3 is 2.71 bits per heavy atom. The summed E-state index contributed by atoms with van der Waals surface area (Å²) in [5.41, 5.74) is 1.81. The highest BCUT2D eigenvalue weighted by Gasteiger charge is 2.25. The molecule has 1 aromatic heterocycles. The SMILES string of the molecule is Cc1ccnc(C2CCN(C(=O)CCc3ccccc3O)CC2)n1. The minimum absolute atomic E-state index is 0.155. The van der Waals surface area contributed by atoms with Crippen LogP contribution in [0.5, 0.6) is 5.75 Å². The van der Waals surface area contributed by atoms with E-state index >= 15 is 0 Å². The number of aromatic nitrogens is 2. The maximum atomic E-state index is 12.4. The van der Waals surface area contributed by atoms with E-state index in [1.54, 1.807) is 12.1 Å². The van der Waals surface area contributed by atoms with Gasteiger partial charge in [-0.05, 0) is 43.9 Å². The molecule has 5 heteroatoms. The molecule has 24 heavy (non-hydrogen) atoms. The summed E-state index contributed by atoms with van der Waals surface area (Å²) in [6, 6.07) is 9.10. The number of carbonyl (C=O) groups is 1. The van der Waals surface area contributed by atoms with Gasteiger partial charge in [-0.1, -0.05) is 18.2 Å². The Labute approximate surface area is 142 Å². The molecule has 0 atom stereocenters. The van der Waals surface area contributed by atoms with Crippen LogP contribution in [0.25, 0.3) is 0 Å². The number of rotatable bonds is 4. The third-order valence-corrected chi connectivity index (χ3v) is 4.63. The van der Waals surface area contributed by atoms with Gasteiger partial charge < -0.3 is 10.0 Å². The Kier molecular flexibility index (Phi) is 5.08. The van der Waals surface area contributed by atoms with E-state index < -0.39 is 0 Å². The van der Waals surface area contributed by atoms with Crippen molar-refractivity contribution in [3.63, 3.8) is 0 Å². The van der Waals surface area contributed by atoms with Crippen LogP contribution in [0, 0.1) is 6.92 Å². The average molecular weight is 325 g/mol. The van der Waals surface area contributed by atoms with Crippen molar-refractivity contribution in [2.75, 3.05) is 13.1 Å².